The van der Waals surface area contributed by atoms with Gasteiger partial charge in [-0.05, 0) is 63.7 Å². The topological polar surface area (TPSA) is 73.1 Å². The maximum absolute atomic E-state index is 11.6. The Morgan fingerprint density at radius 3 is 2.48 bits per heavy atom. The van der Waals surface area contributed by atoms with E-state index in [4.69, 9.17) is 4.42 Å². The lowest BCUT2D eigenvalue weighted by Gasteiger charge is -2.35. The first-order valence-corrected chi connectivity index (χ1v) is 10.6. The van der Waals surface area contributed by atoms with Crippen molar-refractivity contribution in [2.75, 3.05) is 46.8 Å². The van der Waals surface area contributed by atoms with E-state index in [2.05, 4.69) is 31.5 Å². The molecule has 3 rings (SSSR count). The first-order valence-electron chi connectivity index (χ1n) is 10.6. The molecule has 8 heteroatoms. The second kappa shape index (κ2) is 11.8. The molecule has 0 bridgehead atoms. The van der Waals surface area contributed by atoms with Crippen LogP contribution in [0.1, 0.15) is 49.7 Å². The quantitative estimate of drug-likeness (QED) is 0.345. The van der Waals surface area contributed by atoms with Crippen LogP contribution in [-0.2, 0) is 4.79 Å². The maximum atomic E-state index is 11.6. The van der Waals surface area contributed by atoms with Crippen LogP contribution in [0.15, 0.2) is 21.5 Å². The number of aryl methyl sites for hydroxylation is 1. The van der Waals surface area contributed by atoms with E-state index in [1.807, 2.05) is 20.0 Å². The van der Waals surface area contributed by atoms with E-state index in [9.17, 15) is 4.79 Å². The van der Waals surface area contributed by atoms with Gasteiger partial charge in [0.05, 0.1) is 6.04 Å². The van der Waals surface area contributed by atoms with Crippen molar-refractivity contribution in [1.29, 1.82) is 0 Å². The Hall–Kier alpha value is -1.29. The highest BCUT2D eigenvalue weighted by Crippen LogP contribution is 2.26. The smallest absolute Gasteiger partial charge is 0.220 e. The van der Waals surface area contributed by atoms with Crippen LogP contribution in [0.2, 0.25) is 0 Å². The van der Waals surface area contributed by atoms with Gasteiger partial charge < -0.3 is 20.0 Å². The van der Waals surface area contributed by atoms with Gasteiger partial charge in [0, 0.05) is 40.2 Å². The van der Waals surface area contributed by atoms with E-state index in [1.54, 1.807) is 7.05 Å². The highest BCUT2D eigenvalue weighted by Gasteiger charge is 2.28. The average molecular weight is 517 g/mol. The van der Waals surface area contributed by atoms with Crippen LogP contribution >= 0.6 is 24.0 Å². The zero-order valence-electron chi connectivity index (χ0n) is 17.9. The van der Waals surface area contributed by atoms with Crippen LogP contribution in [0.5, 0.6) is 0 Å². The molecule has 1 atom stereocenters. The average Bonchev–Trinajstić information content (AvgIpc) is 3.38. The Morgan fingerprint density at radius 1 is 1.24 bits per heavy atom. The van der Waals surface area contributed by atoms with Gasteiger partial charge in [0.25, 0.3) is 0 Å². The van der Waals surface area contributed by atoms with Crippen LogP contribution in [-0.4, -0.2) is 68.5 Å². The van der Waals surface area contributed by atoms with E-state index in [0.717, 1.165) is 63.0 Å². The second-order valence-electron chi connectivity index (χ2n) is 7.94. The lowest BCUT2D eigenvalue weighted by Crippen LogP contribution is -2.48. The third-order valence-corrected chi connectivity index (χ3v) is 6.00. The number of amides is 1. The van der Waals surface area contributed by atoms with Gasteiger partial charge in [0.15, 0.2) is 5.96 Å². The number of furan rings is 1. The van der Waals surface area contributed by atoms with Crippen LogP contribution in [0.25, 0.3) is 0 Å². The number of carbonyl (C=O) groups is 1. The van der Waals surface area contributed by atoms with Crippen molar-refractivity contribution < 1.29 is 9.21 Å². The molecule has 1 amide bonds. The second-order valence-corrected chi connectivity index (χ2v) is 7.94. The molecule has 3 heterocycles. The van der Waals surface area contributed by atoms with Gasteiger partial charge in [-0.2, -0.15) is 0 Å². The summed E-state index contributed by atoms with van der Waals surface area (Å²) in [6.45, 7) is 6.91. The third-order valence-electron chi connectivity index (χ3n) is 6.00. The van der Waals surface area contributed by atoms with E-state index in [-0.39, 0.29) is 35.9 Å². The minimum Gasteiger partial charge on any atom is -0.465 e. The van der Waals surface area contributed by atoms with E-state index >= 15 is 0 Å². The molecular weight excluding hydrogens is 481 g/mol. The van der Waals surface area contributed by atoms with Crippen LogP contribution in [0.4, 0.5) is 0 Å². The molecule has 1 aromatic heterocycles. The zero-order chi connectivity index (χ0) is 19.9. The van der Waals surface area contributed by atoms with Crippen molar-refractivity contribution in [3.8, 4) is 0 Å². The highest BCUT2D eigenvalue weighted by molar-refractivity contribution is 14.0. The summed E-state index contributed by atoms with van der Waals surface area (Å²) in [5.74, 6) is 3.56. The predicted octanol–water partition coefficient (Wildman–Crippen LogP) is 2.77. The lowest BCUT2D eigenvalue weighted by atomic mass is 9.93. The van der Waals surface area contributed by atoms with Gasteiger partial charge in [0.2, 0.25) is 5.91 Å². The number of nitrogens with zero attached hydrogens (tertiary/aromatic N) is 3. The number of hydrogen-bond acceptors (Lipinski definition) is 4. The van der Waals surface area contributed by atoms with Gasteiger partial charge in [0.1, 0.15) is 11.5 Å². The first kappa shape index (κ1) is 24.0. The Bertz CT molecular complexity index is 664. The van der Waals surface area contributed by atoms with Crippen molar-refractivity contribution in [2.45, 2.75) is 45.1 Å². The molecular formula is C21H36IN5O2. The van der Waals surface area contributed by atoms with Gasteiger partial charge in [-0.3, -0.25) is 14.7 Å². The summed E-state index contributed by atoms with van der Waals surface area (Å²) in [5.41, 5.74) is 0. The minimum absolute atomic E-state index is 0. The molecule has 2 N–H and O–H groups in total. The molecule has 29 heavy (non-hydrogen) atoms. The van der Waals surface area contributed by atoms with Crippen LogP contribution < -0.4 is 10.6 Å². The Kier molecular flexibility index (Phi) is 9.74. The van der Waals surface area contributed by atoms with E-state index < -0.39 is 0 Å². The number of piperidine rings is 1. The van der Waals surface area contributed by atoms with Crippen LogP contribution in [0.3, 0.4) is 0 Å². The van der Waals surface area contributed by atoms with Crippen molar-refractivity contribution in [2.24, 2.45) is 10.9 Å². The largest absolute Gasteiger partial charge is 0.465 e. The zero-order valence-corrected chi connectivity index (χ0v) is 20.3. The summed E-state index contributed by atoms with van der Waals surface area (Å²) in [6.07, 6.45) is 5.20. The van der Waals surface area contributed by atoms with Gasteiger partial charge in [-0.25, -0.2) is 0 Å². The summed E-state index contributed by atoms with van der Waals surface area (Å²) in [4.78, 5) is 21.0. The standard InChI is InChI=1S/C21H35N5O2.HI/c1-16-6-7-19(28-16)18(25-10-4-5-11-25)15-24-21(23-3)26-12-8-17(9-13-26)14-20(27)22-2;/h6-7,17-18H,4-5,8-15H2,1-3H3,(H,22,27)(H,23,24);1H. The van der Waals surface area contributed by atoms with Crippen molar-refractivity contribution in [3.63, 3.8) is 0 Å². The summed E-state index contributed by atoms with van der Waals surface area (Å²) in [7, 11) is 3.56. The summed E-state index contributed by atoms with van der Waals surface area (Å²) in [6, 6.07) is 4.39. The van der Waals surface area contributed by atoms with Crippen molar-refractivity contribution in [1.82, 2.24) is 20.4 Å². The monoisotopic (exact) mass is 517 g/mol. The molecule has 0 saturated carbocycles. The summed E-state index contributed by atoms with van der Waals surface area (Å²) >= 11 is 0. The normalized spacial score (nSPS) is 19.7. The fourth-order valence-electron chi connectivity index (χ4n) is 4.33. The molecule has 0 spiro atoms. The number of nitrogens with one attached hydrogen (secondary N) is 2. The highest BCUT2D eigenvalue weighted by atomic mass is 127. The molecule has 2 aliphatic heterocycles. The Morgan fingerprint density at radius 2 is 1.93 bits per heavy atom. The lowest BCUT2D eigenvalue weighted by molar-refractivity contribution is -0.121. The molecule has 1 aromatic rings. The predicted molar refractivity (Wildman–Crippen MR) is 127 cm³/mol. The van der Waals surface area contributed by atoms with Gasteiger partial charge >= 0.3 is 0 Å². The molecule has 0 radical (unpaired) electrons. The molecule has 2 fully saturated rings. The number of guanidine groups is 1. The van der Waals surface area contributed by atoms with Gasteiger partial charge in [-0.1, -0.05) is 0 Å². The number of likely N-dealkylation sites (tertiary alicyclic amines) is 2. The number of aliphatic imine (C=N–C) groups is 1. The Labute approximate surface area is 191 Å². The maximum Gasteiger partial charge on any atom is 0.220 e. The van der Waals surface area contributed by atoms with E-state index in [0.29, 0.717) is 12.3 Å². The molecule has 164 valence electrons. The minimum atomic E-state index is 0. The first-order chi connectivity index (χ1) is 13.6. The number of hydrogen-bond donors (Lipinski definition) is 2. The van der Waals surface area contributed by atoms with E-state index in [1.165, 1.54) is 12.8 Å². The Balaban J connectivity index is 0.00000300. The molecule has 7 nitrogen and oxygen atoms in total. The molecule has 1 unspecified atom stereocenters. The molecule has 0 aliphatic carbocycles. The summed E-state index contributed by atoms with van der Waals surface area (Å²) in [5, 5.41) is 6.32. The summed E-state index contributed by atoms with van der Waals surface area (Å²) < 4.78 is 5.96. The number of rotatable bonds is 6. The fourth-order valence-corrected chi connectivity index (χ4v) is 4.33. The van der Waals surface area contributed by atoms with Gasteiger partial charge in [-0.15, -0.1) is 24.0 Å². The number of carbonyl (C=O) groups excluding carboxylic acids is 1. The van der Waals surface area contributed by atoms with Crippen molar-refractivity contribution in [3.05, 3.63) is 23.7 Å². The number of halogens is 1. The molecule has 2 saturated heterocycles. The molecule has 2 aliphatic rings. The molecule has 0 aromatic carbocycles. The SMILES string of the molecule is CN=C(NCC(c1ccc(C)o1)N1CCCC1)N1CCC(CC(=O)NC)CC1.I. The fraction of sp³-hybridized carbons (Fsp3) is 0.714. The third kappa shape index (κ3) is 6.60. The van der Waals surface area contributed by atoms with Crippen molar-refractivity contribution >= 4 is 35.8 Å². The van der Waals surface area contributed by atoms with Crippen LogP contribution in [0, 0.1) is 12.8 Å².